The van der Waals surface area contributed by atoms with E-state index < -0.39 is 5.54 Å². The van der Waals surface area contributed by atoms with Crippen LogP contribution >= 0.6 is 0 Å². The fourth-order valence-electron chi connectivity index (χ4n) is 2.87. The maximum absolute atomic E-state index is 11.7. The molecule has 1 fully saturated rings. The molecule has 0 saturated carbocycles. The third-order valence-electron chi connectivity index (χ3n) is 3.70. The summed E-state index contributed by atoms with van der Waals surface area (Å²) in [5.74, 6) is 0.386. The summed E-state index contributed by atoms with van der Waals surface area (Å²) in [5, 5.41) is 20.3. The molecule has 0 aliphatic carbocycles. The Labute approximate surface area is 134 Å². The van der Waals surface area contributed by atoms with E-state index in [-0.39, 0.29) is 11.4 Å². The number of carbonyl (C=O) groups excluding carboxylic acids is 1. The Balaban J connectivity index is 2.14. The maximum atomic E-state index is 11.7. The lowest BCUT2D eigenvalue weighted by Gasteiger charge is -2.29. The summed E-state index contributed by atoms with van der Waals surface area (Å²) in [7, 11) is 0. The van der Waals surface area contributed by atoms with Gasteiger partial charge in [0.25, 0.3) is 0 Å². The van der Waals surface area contributed by atoms with Crippen LogP contribution in [0.3, 0.4) is 0 Å². The van der Waals surface area contributed by atoms with Gasteiger partial charge < -0.3 is 16.0 Å². The summed E-state index contributed by atoms with van der Waals surface area (Å²) in [5.41, 5.74) is 1.04. The van der Waals surface area contributed by atoms with E-state index in [2.05, 4.69) is 41.3 Å². The predicted molar refractivity (Wildman–Crippen MR) is 85.8 cm³/mol. The van der Waals surface area contributed by atoms with Crippen molar-refractivity contribution in [3.05, 3.63) is 5.69 Å². The van der Waals surface area contributed by atoms with Gasteiger partial charge in [0.2, 0.25) is 11.9 Å². The Bertz CT molecular complexity index is 726. The summed E-state index contributed by atoms with van der Waals surface area (Å²) < 4.78 is 0. The maximum Gasteiger partial charge on any atom is 0.225 e. The lowest BCUT2D eigenvalue weighted by Crippen LogP contribution is -2.47. The first-order chi connectivity index (χ1) is 10.8. The number of anilines is 1. The van der Waals surface area contributed by atoms with Gasteiger partial charge in [0.15, 0.2) is 11.2 Å². The van der Waals surface area contributed by atoms with E-state index in [9.17, 15) is 4.79 Å². The van der Waals surface area contributed by atoms with E-state index in [0.29, 0.717) is 29.4 Å². The van der Waals surface area contributed by atoms with Gasteiger partial charge in [0, 0.05) is 19.0 Å². The van der Waals surface area contributed by atoms with E-state index in [1.54, 1.807) is 0 Å². The Kier molecular flexibility index (Phi) is 3.67. The van der Waals surface area contributed by atoms with Crippen molar-refractivity contribution in [1.29, 1.82) is 0 Å². The monoisotopic (exact) mass is 318 g/mol. The largest absolute Gasteiger partial charge is 0.350 e. The van der Waals surface area contributed by atoms with Crippen LogP contribution in [0.5, 0.6) is 0 Å². The third kappa shape index (κ3) is 3.09. The zero-order valence-corrected chi connectivity index (χ0v) is 13.8. The van der Waals surface area contributed by atoms with Crippen LogP contribution in [0.25, 0.3) is 11.2 Å². The molecule has 1 atom stereocenters. The Morgan fingerprint density at radius 2 is 2.09 bits per heavy atom. The first-order valence-electron chi connectivity index (χ1n) is 7.66. The lowest BCUT2D eigenvalue weighted by atomic mass is 9.92. The van der Waals surface area contributed by atoms with Gasteiger partial charge >= 0.3 is 0 Å². The van der Waals surface area contributed by atoms with Crippen LogP contribution in [0.4, 0.5) is 5.95 Å². The highest BCUT2D eigenvalue weighted by atomic mass is 16.1. The molecular weight excluding hydrogens is 296 g/mol. The number of H-pyrrole nitrogens is 1. The zero-order chi connectivity index (χ0) is 16.7. The predicted octanol–water partition coefficient (Wildman–Crippen LogP) is 0.283. The number of fused-ring (bicyclic) bond motifs is 1. The normalized spacial score (nSPS) is 21.6. The van der Waals surface area contributed by atoms with Gasteiger partial charge in [0.1, 0.15) is 5.69 Å². The highest BCUT2D eigenvalue weighted by Gasteiger charge is 2.40. The molecule has 3 rings (SSSR count). The van der Waals surface area contributed by atoms with Crippen molar-refractivity contribution in [2.24, 2.45) is 0 Å². The van der Waals surface area contributed by atoms with Gasteiger partial charge in [-0.3, -0.25) is 4.79 Å². The van der Waals surface area contributed by atoms with Crippen LogP contribution in [0, 0.1) is 0 Å². The van der Waals surface area contributed by atoms with Crippen molar-refractivity contribution < 1.29 is 4.79 Å². The standard InChI is InChI=1S/C14H22N8O/c1-8(23)18-14(5-6-15-7-14)10-9-11(21-22-20-9)17-12(16-10)19-13(2,3)4/h15H,5-7H2,1-4H3,(H,18,23)(H2,16,17,19,20,21,22)/t14-/m0/s1. The summed E-state index contributed by atoms with van der Waals surface area (Å²) in [6.07, 6.45) is 0.737. The van der Waals surface area contributed by atoms with Crippen LogP contribution in [0.15, 0.2) is 0 Å². The second kappa shape index (κ2) is 5.41. The van der Waals surface area contributed by atoms with Crippen molar-refractivity contribution in [2.75, 3.05) is 18.4 Å². The van der Waals surface area contributed by atoms with Crippen molar-refractivity contribution >= 4 is 23.0 Å². The molecule has 3 heterocycles. The number of amides is 1. The number of aromatic amines is 1. The molecule has 4 N–H and O–H groups in total. The summed E-state index contributed by atoms with van der Waals surface area (Å²) in [6, 6.07) is 0. The van der Waals surface area contributed by atoms with E-state index in [1.807, 2.05) is 20.8 Å². The fraction of sp³-hybridized carbons (Fsp3) is 0.643. The number of hydrogen-bond acceptors (Lipinski definition) is 7. The quantitative estimate of drug-likeness (QED) is 0.641. The molecule has 0 spiro atoms. The number of nitrogens with one attached hydrogen (secondary N) is 4. The molecule has 0 aromatic carbocycles. The van der Waals surface area contributed by atoms with Gasteiger partial charge in [-0.1, -0.05) is 5.21 Å². The summed E-state index contributed by atoms with van der Waals surface area (Å²) in [6.45, 7) is 9.01. The smallest absolute Gasteiger partial charge is 0.225 e. The molecule has 2 aromatic rings. The fourth-order valence-corrected chi connectivity index (χ4v) is 2.87. The molecule has 23 heavy (non-hydrogen) atoms. The Morgan fingerprint density at radius 3 is 2.70 bits per heavy atom. The lowest BCUT2D eigenvalue weighted by molar-refractivity contribution is -0.120. The van der Waals surface area contributed by atoms with Crippen molar-refractivity contribution in [3.63, 3.8) is 0 Å². The summed E-state index contributed by atoms with van der Waals surface area (Å²) in [4.78, 5) is 20.8. The van der Waals surface area contributed by atoms with Crippen LogP contribution < -0.4 is 16.0 Å². The number of hydrogen-bond donors (Lipinski definition) is 4. The molecule has 1 aliphatic rings. The van der Waals surface area contributed by atoms with Crippen LogP contribution in [-0.4, -0.2) is 49.9 Å². The van der Waals surface area contributed by atoms with Crippen molar-refractivity contribution in [3.8, 4) is 0 Å². The molecule has 1 aliphatic heterocycles. The first kappa shape index (κ1) is 15.6. The minimum absolute atomic E-state index is 0.103. The SMILES string of the molecule is CC(=O)N[C@@]1(c2nc(NC(C)(C)C)nc3[nH]nnc23)CCNC1. The van der Waals surface area contributed by atoms with E-state index >= 15 is 0 Å². The Morgan fingerprint density at radius 1 is 1.30 bits per heavy atom. The highest BCUT2D eigenvalue weighted by molar-refractivity contribution is 5.78. The molecule has 124 valence electrons. The van der Waals surface area contributed by atoms with Gasteiger partial charge in [-0.25, -0.2) is 10.1 Å². The van der Waals surface area contributed by atoms with E-state index in [1.165, 1.54) is 6.92 Å². The van der Waals surface area contributed by atoms with E-state index in [0.717, 1.165) is 13.0 Å². The molecule has 1 saturated heterocycles. The molecule has 9 heteroatoms. The molecule has 0 unspecified atom stereocenters. The molecule has 0 bridgehead atoms. The molecule has 9 nitrogen and oxygen atoms in total. The van der Waals surface area contributed by atoms with Gasteiger partial charge in [-0.2, -0.15) is 4.98 Å². The molecular formula is C14H22N8O. The zero-order valence-electron chi connectivity index (χ0n) is 13.8. The minimum atomic E-state index is -0.599. The first-order valence-corrected chi connectivity index (χ1v) is 7.66. The third-order valence-corrected chi connectivity index (χ3v) is 3.70. The second-order valence-corrected chi connectivity index (χ2v) is 6.97. The second-order valence-electron chi connectivity index (χ2n) is 6.97. The molecule has 2 aromatic heterocycles. The Hall–Kier alpha value is -2.29. The summed E-state index contributed by atoms with van der Waals surface area (Å²) >= 11 is 0. The van der Waals surface area contributed by atoms with Gasteiger partial charge in [-0.15, -0.1) is 5.10 Å². The number of rotatable bonds is 3. The van der Waals surface area contributed by atoms with Crippen LogP contribution in [0.1, 0.15) is 39.8 Å². The van der Waals surface area contributed by atoms with Crippen molar-refractivity contribution in [2.45, 2.75) is 45.2 Å². The topological polar surface area (TPSA) is 121 Å². The van der Waals surface area contributed by atoms with Crippen LogP contribution in [-0.2, 0) is 10.3 Å². The van der Waals surface area contributed by atoms with Crippen LogP contribution in [0.2, 0.25) is 0 Å². The van der Waals surface area contributed by atoms with Gasteiger partial charge in [-0.05, 0) is 33.7 Å². The number of aromatic nitrogens is 5. The number of nitrogens with zero attached hydrogens (tertiary/aromatic N) is 4. The van der Waals surface area contributed by atoms with E-state index in [4.69, 9.17) is 0 Å². The number of carbonyl (C=O) groups is 1. The average Bonchev–Trinajstić information content (AvgIpc) is 3.04. The van der Waals surface area contributed by atoms with Crippen molar-refractivity contribution in [1.82, 2.24) is 36.0 Å². The molecule has 1 amide bonds. The van der Waals surface area contributed by atoms with Gasteiger partial charge in [0.05, 0.1) is 5.54 Å². The molecule has 0 radical (unpaired) electrons. The average molecular weight is 318 g/mol. The highest BCUT2D eigenvalue weighted by Crippen LogP contribution is 2.31. The minimum Gasteiger partial charge on any atom is -0.350 e.